The van der Waals surface area contributed by atoms with Crippen LogP contribution in [-0.4, -0.2) is 48.3 Å². The van der Waals surface area contributed by atoms with Crippen molar-refractivity contribution in [1.29, 1.82) is 0 Å². The van der Waals surface area contributed by atoms with Crippen molar-refractivity contribution < 1.29 is 9.47 Å². The van der Waals surface area contributed by atoms with Crippen molar-refractivity contribution in [3.8, 4) is 5.88 Å². The van der Waals surface area contributed by atoms with Crippen LogP contribution in [0.2, 0.25) is 5.15 Å². The molecule has 0 radical (unpaired) electrons. The van der Waals surface area contributed by atoms with Gasteiger partial charge in [-0.2, -0.15) is 10.1 Å². The molecule has 2 aliphatic rings. The third-order valence-corrected chi connectivity index (χ3v) is 5.85. The van der Waals surface area contributed by atoms with Gasteiger partial charge in [-0.3, -0.25) is 4.68 Å². The van der Waals surface area contributed by atoms with Crippen LogP contribution in [0.3, 0.4) is 0 Å². The van der Waals surface area contributed by atoms with Crippen LogP contribution < -0.4 is 10.1 Å². The predicted molar refractivity (Wildman–Crippen MR) is 109 cm³/mol. The SMILES string of the molecule is Cc1c2c(nn1C1C[C@@H](C)O[C@@H](C)C1)OCCCn1nc(Cl)c3cnc(nc31)N2. The minimum absolute atomic E-state index is 0.203. The Morgan fingerprint density at radius 2 is 2.00 bits per heavy atom. The lowest BCUT2D eigenvalue weighted by atomic mass is 10.00. The summed E-state index contributed by atoms with van der Waals surface area (Å²) in [6, 6.07) is 0.267. The first-order chi connectivity index (χ1) is 14.0. The summed E-state index contributed by atoms with van der Waals surface area (Å²) in [5.41, 5.74) is 2.52. The lowest BCUT2D eigenvalue weighted by Gasteiger charge is -2.32. The second kappa shape index (κ2) is 7.14. The zero-order chi connectivity index (χ0) is 20.1. The van der Waals surface area contributed by atoms with Gasteiger partial charge in [-0.1, -0.05) is 11.6 Å². The van der Waals surface area contributed by atoms with E-state index in [2.05, 4.69) is 38.9 Å². The van der Waals surface area contributed by atoms with E-state index in [-0.39, 0.29) is 18.2 Å². The van der Waals surface area contributed by atoms with Crippen LogP contribution in [0, 0.1) is 6.92 Å². The fraction of sp³-hybridized carbons (Fsp3) is 0.579. The number of aromatic nitrogens is 6. The van der Waals surface area contributed by atoms with E-state index in [1.54, 1.807) is 10.9 Å². The molecule has 0 saturated carbocycles. The van der Waals surface area contributed by atoms with E-state index in [1.807, 2.05) is 6.92 Å². The van der Waals surface area contributed by atoms with Crippen LogP contribution in [0.4, 0.5) is 11.6 Å². The topological polar surface area (TPSA) is 91.9 Å². The molecule has 3 atom stereocenters. The molecule has 1 unspecified atom stereocenters. The first-order valence-electron chi connectivity index (χ1n) is 10.0. The Morgan fingerprint density at radius 1 is 1.21 bits per heavy atom. The van der Waals surface area contributed by atoms with E-state index < -0.39 is 0 Å². The van der Waals surface area contributed by atoms with Gasteiger partial charge in [0, 0.05) is 19.2 Å². The van der Waals surface area contributed by atoms with Gasteiger partial charge in [0.25, 0.3) is 5.88 Å². The number of hydrogen-bond acceptors (Lipinski definition) is 7. The fourth-order valence-corrected chi connectivity index (χ4v) is 4.52. The maximum atomic E-state index is 6.23. The number of halogens is 1. The number of aryl methyl sites for hydroxylation is 1. The van der Waals surface area contributed by atoms with Crippen molar-refractivity contribution in [2.75, 3.05) is 11.9 Å². The molecule has 9 nitrogen and oxygen atoms in total. The summed E-state index contributed by atoms with van der Waals surface area (Å²) >= 11 is 6.23. The summed E-state index contributed by atoms with van der Waals surface area (Å²) in [5.74, 6) is 1.05. The standard InChI is InChI=1S/C19H24ClN7O2/c1-10-7-13(8-11(2)29-10)27-12(3)15-18(25-27)28-6-4-5-26-17-14(16(20)24-26)9-21-19(22-15)23-17/h9-11,13H,4-8H2,1-3H3,(H,21,22,23)/t10-,11+,13?. The summed E-state index contributed by atoms with van der Waals surface area (Å²) in [7, 11) is 0. The van der Waals surface area contributed by atoms with Crippen molar-refractivity contribution in [3.63, 3.8) is 0 Å². The van der Waals surface area contributed by atoms with Gasteiger partial charge in [-0.15, -0.1) is 5.10 Å². The molecular weight excluding hydrogens is 394 g/mol. The molecule has 1 fully saturated rings. The summed E-state index contributed by atoms with van der Waals surface area (Å²) < 4.78 is 15.8. The van der Waals surface area contributed by atoms with Crippen molar-refractivity contribution in [1.82, 2.24) is 29.5 Å². The molecule has 1 saturated heterocycles. The highest BCUT2D eigenvalue weighted by molar-refractivity contribution is 6.34. The van der Waals surface area contributed by atoms with Gasteiger partial charge >= 0.3 is 0 Å². The predicted octanol–water partition coefficient (Wildman–Crippen LogP) is 3.64. The maximum absolute atomic E-state index is 6.23. The van der Waals surface area contributed by atoms with Gasteiger partial charge in [-0.05, 0) is 33.6 Å². The van der Waals surface area contributed by atoms with E-state index in [1.165, 1.54) is 0 Å². The van der Waals surface area contributed by atoms with Crippen LogP contribution in [0.25, 0.3) is 11.0 Å². The second-order valence-corrected chi connectivity index (χ2v) is 8.22. The maximum Gasteiger partial charge on any atom is 0.257 e. The highest BCUT2D eigenvalue weighted by Gasteiger charge is 2.30. The molecule has 154 valence electrons. The number of hydrogen-bond donors (Lipinski definition) is 1. The Balaban J connectivity index is 1.55. The monoisotopic (exact) mass is 417 g/mol. The number of anilines is 2. The van der Waals surface area contributed by atoms with Gasteiger partial charge < -0.3 is 14.8 Å². The van der Waals surface area contributed by atoms with Crippen molar-refractivity contribution >= 4 is 34.3 Å². The average Bonchev–Trinajstić information content (AvgIpc) is 3.15. The molecule has 29 heavy (non-hydrogen) atoms. The summed E-state index contributed by atoms with van der Waals surface area (Å²) in [6.07, 6.45) is 4.72. The van der Waals surface area contributed by atoms with Gasteiger partial charge in [0.05, 0.1) is 35.9 Å². The van der Waals surface area contributed by atoms with Crippen molar-refractivity contribution in [3.05, 3.63) is 17.0 Å². The van der Waals surface area contributed by atoms with Gasteiger partial charge in [-0.25, -0.2) is 9.67 Å². The van der Waals surface area contributed by atoms with Crippen LogP contribution >= 0.6 is 11.6 Å². The number of rotatable bonds is 1. The van der Waals surface area contributed by atoms with Gasteiger partial charge in [0.1, 0.15) is 5.69 Å². The molecule has 5 heterocycles. The fourth-order valence-electron chi connectivity index (χ4n) is 4.30. The normalized spacial score (nSPS) is 24.6. The molecule has 1 N–H and O–H groups in total. The van der Waals surface area contributed by atoms with E-state index in [0.29, 0.717) is 35.8 Å². The van der Waals surface area contributed by atoms with Crippen LogP contribution in [0.15, 0.2) is 6.20 Å². The molecule has 0 amide bonds. The Kier molecular flexibility index (Phi) is 4.59. The molecule has 5 rings (SSSR count). The summed E-state index contributed by atoms with van der Waals surface area (Å²) in [6.45, 7) is 7.45. The van der Waals surface area contributed by atoms with E-state index in [0.717, 1.165) is 36.0 Å². The third-order valence-electron chi connectivity index (χ3n) is 5.57. The zero-order valence-corrected chi connectivity index (χ0v) is 17.5. The van der Waals surface area contributed by atoms with E-state index in [4.69, 9.17) is 26.2 Å². The van der Waals surface area contributed by atoms with E-state index >= 15 is 0 Å². The second-order valence-electron chi connectivity index (χ2n) is 7.86. The lowest BCUT2D eigenvalue weighted by Crippen LogP contribution is -2.31. The van der Waals surface area contributed by atoms with Crippen LogP contribution in [0.5, 0.6) is 5.88 Å². The largest absolute Gasteiger partial charge is 0.475 e. The summed E-state index contributed by atoms with van der Waals surface area (Å²) in [4.78, 5) is 9.07. The Bertz CT molecular complexity index is 1050. The number of nitrogens with zero attached hydrogens (tertiary/aromatic N) is 6. The summed E-state index contributed by atoms with van der Waals surface area (Å²) in [5, 5.41) is 13.7. The van der Waals surface area contributed by atoms with Gasteiger partial charge in [0.15, 0.2) is 10.8 Å². The number of nitrogens with one attached hydrogen (secondary N) is 1. The van der Waals surface area contributed by atoms with Crippen molar-refractivity contribution in [2.45, 2.75) is 64.8 Å². The number of fused-ring (bicyclic) bond motifs is 2. The first kappa shape index (κ1) is 18.6. The third kappa shape index (κ3) is 3.32. The van der Waals surface area contributed by atoms with Gasteiger partial charge in [0.2, 0.25) is 5.95 Å². The molecule has 3 aromatic heterocycles. The van der Waals surface area contributed by atoms with Crippen LogP contribution in [-0.2, 0) is 11.3 Å². The molecule has 0 aromatic carbocycles. The minimum Gasteiger partial charge on any atom is -0.475 e. The molecule has 0 aliphatic carbocycles. The van der Waals surface area contributed by atoms with Crippen LogP contribution in [0.1, 0.15) is 44.8 Å². The average molecular weight is 418 g/mol. The molecular formula is C19H24ClN7O2. The highest BCUT2D eigenvalue weighted by atomic mass is 35.5. The van der Waals surface area contributed by atoms with Crippen molar-refractivity contribution in [2.24, 2.45) is 0 Å². The Morgan fingerprint density at radius 3 is 2.79 bits per heavy atom. The molecule has 3 aromatic rings. The Hall–Kier alpha value is -2.39. The highest BCUT2D eigenvalue weighted by Crippen LogP contribution is 2.37. The Labute approximate surface area is 173 Å². The molecule has 2 bridgehead atoms. The zero-order valence-electron chi connectivity index (χ0n) is 16.7. The van der Waals surface area contributed by atoms with E-state index in [9.17, 15) is 0 Å². The first-order valence-corrected chi connectivity index (χ1v) is 10.4. The quantitative estimate of drug-likeness (QED) is 0.646. The molecule has 0 spiro atoms. The molecule has 2 aliphatic heterocycles. The minimum atomic E-state index is 0.203. The number of ether oxygens (including phenoxy) is 2. The lowest BCUT2D eigenvalue weighted by molar-refractivity contribution is -0.0510. The smallest absolute Gasteiger partial charge is 0.257 e. The molecule has 10 heteroatoms.